The molecule has 1 fully saturated rings. The molecule has 2 unspecified atom stereocenters. The van der Waals surface area contributed by atoms with Gasteiger partial charge >= 0.3 is 0 Å². The Labute approximate surface area is 85.8 Å². The summed E-state index contributed by atoms with van der Waals surface area (Å²) in [5.74, 6) is 1.35. The van der Waals surface area contributed by atoms with Crippen molar-refractivity contribution < 1.29 is 13.5 Å². The number of unbranched alkanes of at least 4 members (excludes halogenated alkanes) is 1. The summed E-state index contributed by atoms with van der Waals surface area (Å²) in [6.45, 7) is 2.78. The third-order valence-corrected chi connectivity index (χ3v) is 4.10. The van der Waals surface area contributed by atoms with Crippen molar-refractivity contribution in [3.63, 3.8) is 0 Å². The molecule has 0 spiro atoms. The summed E-state index contributed by atoms with van der Waals surface area (Å²) in [6, 6.07) is 0. The van der Waals surface area contributed by atoms with Crippen LogP contribution in [0.3, 0.4) is 0 Å². The normalized spacial score (nSPS) is 26.4. The van der Waals surface area contributed by atoms with Gasteiger partial charge in [0.1, 0.15) is 0 Å². The van der Waals surface area contributed by atoms with E-state index in [0.717, 1.165) is 6.42 Å². The van der Waals surface area contributed by atoms with Crippen molar-refractivity contribution in [2.75, 3.05) is 18.9 Å². The third-order valence-electron chi connectivity index (χ3n) is 2.66. The Hall–Kier alpha value is -0.130. The zero-order valence-corrected chi connectivity index (χ0v) is 9.39. The van der Waals surface area contributed by atoms with Gasteiger partial charge in [-0.05, 0) is 31.1 Å². The number of hydrogen-bond donors (Lipinski definition) is 2. The minimum atomic E-state index is -3.09. The fourth-order valence-electron chi connectivity index (χ4n) is 1.39. The van der Waals surface area contributed by atoms with Gasteiger partial charge in [-0.25, -0.2) is 13.1 Å². The van der Waals surface area contributed by atoms with Gasteiger partial charge in [0.2, 0.25) is 10.0 Å². The molecule has 0 aromatic rings. The van der Waals surface area contributed by atoms with Crippen LogP contribution in [0.4, 0.5) is 0 Å². The van der Waals surface area contributed by atoms with Crippen molar-refractivity contribution in [3.05, 3.63) is 0 Å². The Kier molecular flexibility index (Phi) is 4.34. The Bertz CT molecular complexity index is 263. The SMILES string of the molecule is CC1CC1CNS(=O)(=O)CCCCO. The lowest BCUT2D eigenvalue weighted by Gasteiger charge is -2.05. The largest absolute Gasteiger partial charge is 0.396 e. The second-order valence-electron chi connectivity index (χ2n) is 4.07. The topological polar surface area (TPSA) is 66.4 Å². The Morgan fingerprint density at radius 2 is 2.07 bits per heavy atom. The van der Waals surface area contributed by atoms with Crippen LogP contribution >= 0.6 is 0 Å². The van der Waals surface area contributed by atoms with E-state index in [2.05, 4.69) is 11.6 Å². The maximum absolute atomic E-state index is 11.4. The highest BCUT2D eigenvalue weighted by Crippen LogP contribution is 2.36. The molecule has 0 saturated heterocycles. The number of sulfonamides is 1. The van der Waals surface area contributed by atoms with Crippen molar-refractivity contribution in [3.8, 4) is 0 Å². The average molecular weight is 221 g/mol. The summed E-state index contributed by atoms with van der Waals surface area (Å²) in [5.41, 5.74) is 0. The van der Waals surface area contributed by atoms with Gasteiger partial charge in [0.05, 0.1) is 5.75 Å². The lowest BCUT2D eigenvalue weighted by Crippen LogP contribution is -2.28. The molecule has 0 aromatic carbocycles. The van der Waals surface area contributed by atoms with E-state index in [1.807, 2.05) is 0 Å². The van der Waals surface area contributed by atoms with E-state index in [-0.39, 0.29) is 12.4 Å². The van der Waals surface area contributed by atoms with Gasteiger partial charge < -0.3 is 5.11 Å². The summed E-state index contributed by atoms with van der Waals surface area (Å²) < 4.78 is 25.3. The molecule has 14 heavy (non-hydrogen) atoms. The van der Waals surface area contributed by atoms with Crippen LogP contribution in [0.25, 0.3) is 0 Å². The van der Waals surface area contributed by atoms with E-state index in [9.17, 15) is 8.42 Å². The fourth-order valence-corrected chi connectivity index (χ4v) is 2.59. The van der Waals surface area contributed by atoms with Gasteiger partial charge in [0.15, 0.2) is 0 Å². The van der Waals surface area contributed by atoms with Crippen molar-refractivity contribution in [1.82, 2.24) is 4.72 Å². The molecule has 1 saturated carbocycles. The predicted octanol–water partition coefficient (Wildman–Crippen LogP) is 0.334. The van der Waals surface area contributed by atoms with Gasteiger partial charge in [-0.2, -0.15) is 0 Å². The van der Waals surface area contributed by atoms with Gasteiger partial charge in [-0.1, -0.05) is 6.92 Å². The van der Waals surface area contributed by atoms with E-state index >= 15 is 0 Å². The quantitative estimate of drug-likeness (QED) is 0.609. The zero-order chi connectivity index (χ0) is 10.6. The molecule has 0 aromatic heterocycles. The highest BCUT2D eigenvalue weighted by molar-refractivity contribution is 7.89. The van der Waals surface area contributed by atoms with Crippen LogP contribution in [-0.2, 0) is 10.0 Å². The van der Waals surface area contributed by atoms with E-state index in [0.29, 0.717) is 31.2 Å². The van der Waals surface area contributed by atoms with Crippen LogP contribution in [0.15, 0.2) is 0 Å². The van der Waals surface area contributed by atoms with Gasteiger partial charge in [0.25, 0.3) is 0 Å². The zero-order valence-electron chi connectivity index (χ0n) is 8.57. The molecule has 0 radical (unpaired) electrons. The molecule has 0 amide bonds. The molecule has 0 aliphatic heterocycles. The van der Waals surface area contributed by atoms with Crippen molar-refractivity contribution in [1.29, 1.82) is 0 Å². The highest BCUT2D eigenvalue weighted by Gasteiger charge is 2.32. The molecule has 84 valence electrons. The molecule has 2 N–H and O–H groups in total. The highest BCUT2D eigenvalue weighted by atomic mass is 32.2. The van der Waals surface area contributed by atoms with Crippen LogP contribution in [0.2, 0.25) is 0 Å². The molecule has 2 atom stereocenters. The molecular weight excluding hydrogens is 202 g/mol. The second-order valence-corrected chi connectivity index (χ2v) is 6.00. The summed E-state index contributed by atoms with van der Waals surface area (Å²) in [4.78, 5) is 0. The summed E-state index contributed by atoms with van der Waals surface area (Å²) in [5, 5.41) is 8.51. The smallest absolute Gasteiger partial charge is 0.211 e. The van der Waals surface area contributed by atoms with Crippen LogP contribution in [0.5, 0.6) is 0 Å². The van der Waals surface area contributed by atoms with Crippen LogP contribution in [0, 0.1) is 11.8 Å². The molecule has 1 aliphatic carbocycles. The third kappa shape index (κ3) is 4.39. The first-order valence-electron chi connectivity index (χ1n) is 5.13. The second kappa shape index (κ2) is 5.09. The lowest BCUT2D eigenvalue weighted by molar-refractivity contribution is 0.287. The Morgan fingerprint density at radius 3 is 2.57 bits per heavy atom. The lowest BCUT2D eigenvalue weighted by atomic mass is 10.3. The van der Waals surface area contributed by atoms with Crippen LogP contribution in [0.1, 0.15) is 26.2 Å². The van der Waals surface area contributed by atoms with Crippen LogP contribution < -0.4 is 4.72 Å². The minimum Gasteiger partial charge on any atom is -0.396 e. The molecule has 0 bridgehead atoms. The van der Waals surface area contributed by atoms with Crippen molar-refractivity contribution >= 4 is 10.0 Å². The Morgan fingerprint density at radius 1 is 1.43 bits per heavy atom. The molecule has 1 rings (SSSR count). The van der Waals surface area contributed by atoms with Crippen molar-refractivity contribution in [2.24, 2.45) is 11.8 Å². The minimum absolute atomic E-state index is 0.0647. The van der Waals surface area contributed by atoms with Crippen LogP contribution in [-0.4, -0.2) is 32.4 Å². The predicted molar refractivity (Wildman–Crippen MR) is 55.4 cm³/mol. The van der Waals surface area contributed by atoms with E-state index < -0.39 is 10.0 Å². The number of rotatable bonds is 7. The molecule has 5 heteroatoms. The average Bonchev–Trinajstić information content (AvgIpc) is 2.79. The van der Waals surface area contributed by atoms with Gasteiger partial charge in [-0.3, -0.25) is 0 Å². The first-order valence-corrected chi connectivity index (χ1v) is 6.78. The molecule has 1 aliphatic rings. The summed E-state index contributed by atoms with van der Waals surface area (Å²) >= 11 is 0. The van der Waals surface area contributed by atoms with Gasteiger partial charge in [0, 0.05) is 13.2 Å². The molecule has 0 heterocycles. The molecular formula is C9H19NO3S. The summed E-state index contributed by atoms with van der Waals surface area (Å²) in [6.07, 6.45) is 2.23. The van der Waals surface area contributed by atoms with E-state index in [1.165, 1.54) is 0 Å². The number of hydrogen-bond acceptors (Lipinski definition) is 3. The monoisotopic (exact) mass is 221 g/mol. The number of aliphatic hydroxyl groups is 1. The fraction of sp³-hybridized carbons (Fsp3) is 1.00. The maximum Gasteiger partial charge on any atom is 0.211 e. The van der Waals surface area contributed by atoms with Gasteiger partial charge in [-0.15, -0.1) is 0 Å². The Balaban J connectivity index is 2.14. The standard InChI is InChI=1S/C9H19NO3S/c1-8-6-9(8)7-10-14(12,13)5-3-2-4-11/h8-11H,2-7H2,1H3. The molecule has 4 nitrogen and oxygen atoms in total. The number of aliphatic hydroxyl groups excluding tert-OH is 1. The first-order chi connectivity index (χ1) is 6.55. The first kappa shape index (κ1) is 11.9. The van der Waals surface area contributed by atoms with Crippen molar-refractivity contribution in [2.45, 2.75) is 26.2 Å². The summed E-state index contributed by atoms with van der Waals surface area (Å²) in [7, 11) is -3.09. The maximum atomic E-state index is 11.4. The number of nitrogens with one attached hydrogen (secondary N) is 1. The van der Waals surface area contributed by atoms with E-state index in [4.69, 9.17) is 5.11 Å². The van der Waals surface area contributed by atoms with E-state index in [1.54, 1.807) is 0 Å².